The summed E-state index contributed by atoms with van der Waals surface area (Å²) in [6, 6.07) is 14.7. The number of ether oxygens (including phenoxy) is 2. The Hall–Kier alpha value is -3.61. The molecule has 0 unspecified atom stereocenters. The Labute approximate surface area is 162 Å². The van der Waals surface area contributed by atoms with Gasteiger partial charge in [0.2, 0.25) is 0 Å². The molecule has 1 amide bonds. The lowest BCUT2D eigenvalue weighted by Crippen LogP contribution is -2.14. The molecule has 2 aromatic carbocycles. The smallest absolute Gasteiger partial charge is 0.274 e. The van der Waals surface area contributed by atoms with Crippen LogP contribution in [0, 0.1) is 5.82 Å². The summed E-state index contributed by atoms with van der Waals surface area (Å²) >= 11 is 0. The van der Waals surface area contributed by atoms with Crippen LogP contribution in [0.5, 0.6) is 11.5 Å². The molecule has 0 aliphatic rings. The van der Waals surface area contributed by atoms with Gasteiger partial charge in [-0.3, -0.25) is 4.79 Å². The van der Waals surface area contributed by atoms with E-state index >= 15 is 0 Å². The van der Waals surface area contributed by atoms with Gasteiger partial charge in [-0.25, -0.2) is 9.37 Å². The molecule has 28 heavy (non-hydrogen) atoms. The Morgan fingerprint density at radius 2 is 1.82 bits per heavy atom. The third-order valence-electron chi connectivity index (χ3n) is 4.06. The van der Waals surface area contributed by atoms with E-state index in [9.17, 15) is 9.18 Å². The summed E-state index contributed by atoms with van der Waals surface area (Å²) in [4.78, 5) is 16.6. The lowest BCUT2D eigenvalue weighted by molar-refractivity contribution is 0.102. The number of pyridine rings is 1. The summed E-state index contributed by atoms with van der Waals surface area (Å²) in [6.45, 7) is 0.524. The maximum absolute atomic E-state index is 12.9. The van der Waals surface area contributed by atoms with Crippen LogP contribution in [-0.2, 0) is 6.54 Å². The maximum Gasteiger partial charge on any atom is 0.274 e. The summed E-state index contributed by atoms with van der Waals surface area (Å²) in [5, 5.41) is 5.95. The highest BCUT2D eigenvalue weighted by atomic mass is 19.1. The third-order valence-corrected chi connectivity index (χ3v) is 4.06. The predicted octanol–water partition coefficient (Wildman–Crippen LogP) is 4.10. The standard InChI is InChI=1S/C21H20FN3O3/c1-27-17-8-10-18(20(11-17)28-2)25-21(26)19-9-7-16(13-24-19)23-12-14-3-5-15(22)6-4-14/h3-11,13,23H,12H2,1-2H3,(H,25,26). The van der Waals surface area contributed by atoms with Crippen molar-refractivity contribution in [3.63, 3.8) is 0 Å². The molecule has 0 fully saturated rings. The van der Waals surface area contributed by atoms with Gasteiger partial charge in [0.15, 0.2) is 0 Å². The molecule has 7 heteroatoms. The average molecular weight is 381 g/mol. The number of amides is 1. The molecular weight excluding hydrogens is 361 g/mol. The van der Waals surface area contributed by atoms with Gasteiger partial charge in [-0.05, 0) is 42.0 Å². The molecule has 6 nitrogen and oxygen atoms in total. The fourth-order valence-electron chi connectivity index (χ4n) is 2.53. The first-order valence-electron chi connectivity index (χ1n) is 8.57. The number of nitrogens with one attached hydrogen (secondary N) is 2. The van der Waals surface area contributed by atoms with Gasteiger partial charge in [0.05, 0.1) is 31.8 Å². The number of carbonyl (C=O) groups excluding carboxylic acids is 1. The second-order valence-electron chi connectivity index (χ2n) is 5.93. The molecule has 2 N–H and O–H groups in total. The Morgan fingerprint density at radius 1 is 1.04 bits per heavy atom. The monoisotopic (exact) mass is 381 g/mol. The largest absolute Gasteiger partial charge is 0.497 e. The minimum absolute atomic E-state index is 0.269. The van der Waals surface area contributed by atoms with E-state index in [1.165, 1.54) is 19.2 Å². The minimum atomic E-state index is -0.353. The molecule has 3 aromatic rings. The number of methoxy groups -OCH3 is 2. The van der Waals surface area contributed by atoms with Crippen LogP contribution in [-0.4, -0.2) is 25.1 Å². The summed E-state index contributed by atoms with van der Waals surface area (Å²) < 4.78 is 23.4. The molecule has 0 bridgehead atoms. The molecule has 144 valence electrons. The topological polar surface area (TPSA) is 72.5 Å². The fraction of sp³-hybridized carbons (Fsp3) is 0.143. The van der Waals surface area contributed by atoms with Crippen molar-refractivity contribution < 1.29 is 18.7 Å². The summed E-state index contributed by atoms with van der Waals surface area (Å²) in [5.74, 6) is 0.498. The van der Waals surface area contributed by atoms with Crippen molar-refractivity contribution in [3.8, 4) is 11.5 Å². The van der Waals surface area contributed by atoms with Crippen LogP contribution in [0.2, 0.25) is 0 Å². The number of nitrogens with zero attached hydrogens (tertiary/aromatic N) is 1. The van der Waals surface area contributed by atoms with Gasteiger partial charge >= 0.3 is 0 Å². The van der Waals surface area contributed by atoms with Crippen LogP contribution in [0.15, 0.2) is 60.8 Å². The zero-order valence-corrected chi connectivity index (χ0v) is 15.5. The lowest BCUT2D eigenvalue weighted by Gasteiger charge is -2.12. The van der Waals surface area contributed by atoms with Gasteiger partial charge in [-0.2, -0.15) is 0 Å². The molecule has 0 saturated heterocycles. The van der Waals surface area contributed by atoms with E-state index in [0.29, 0.717) is 23.7 Å². The van der Waals surface area contributed by atoms with Crippen molar-refractivity contribution in [1.82, 2.24) is 4.98 Å². The van der Waals surface area contributed by atoms with E-state index in [4.69, 9.17) is 9.47 Å². The van der Waals surface area contributed by atoms with Gasteiger partial charge < -0.3 is 20.1 Å². The van der Waals surface area contributed by atoms with Gasteiger partial charge in [0.1, 0.15) is 23.0 Å². The number of halogens is 1. The fourth-order valence-corrected chi connectivity index (χ4v) is 2.53. The van der Waals surface area contributed by atoms with Crippen LogP contribution in [0.25, 0.3) is 0 Å². The number of hydrogen-bond acceptors (Lipinski definition) is 5. The molecule has 1 heterocycles. The summed E-state index contributed by atoms with van der Waals surface area (Å²) in [7, 11) is 3.08. The summed E-state index contributed by atoms with van der Waals surface area (Å²) in [6.07, 6.45) is 1.57. The average Bonchev–Trinajstić information content (AvgIpc) is 2.74. The first-order chi connectivity index (χ1) is 13.6. The Balaban J connectivity index is 1.62. The van der Waals surface area contributed by atoms with Gasteiger partial charge in [-0.1, -0.05) is 12.1 Å². The summed E-state index contributed by atoms with van der Waals surface area (Å²) in [5.41, 5.74) is 2.48. The Kier molecular flexibility index (Phi) is 6.06. The molecule has 1 aromatic heterocycles. The van der Waals surface area contributed by atoms with E-state index in [-0.39, 0.29) is 17.4 Å². The zero-order valence-electron chi connectivity index (χ0n) is 15.5. The van der Waals surface area contributed by atoms with E-state index in [1.54, 1.807) is 55.8 Å². The third kappa shape index (κ3) is 4.76. The molecule has 0 aliphatic heterocycles. The number of carbonyl (C=O) groups is 1. The van der Waals surface area contributed by atoms with Gasteiger partial charge in [0, 0.05) is 12.6 Å². The number of benzene rings is 2. The SMILES string of the molecule is COc1ccc(NC(=O)c2ccc(NCc3ccc(F)cc3)cn2)c(OC)c1. The van der Waals surface area contributed by atoms with Crippen molar-refractivity contribution >= 4 is 17.3 Å². The normalized spacial score (nSPS) is 10.2. The molecule has 0 aliphatic carbocycles. The number of rotatable bonds is 7. The van der Waals surface area contributed by atoms with Crippen molar-refractivity contribution in [2.24, 2.45) is 0 Å². The van der Waals surface area contributed by atoms with Crippen molar-refractivity contribution in [2.45, 2.75) is 6.54 Å². The highest BCUT2D eigenvalue weighted by Crippen LogP contribution is 2.29. The molecule has 3 rings (SSSR count). The van der Waals surface area contributed by atoms with Crippen LogP contribution >= 0.6 is 0 Å². The van der Waals surface area contributed by atoms with Crippen LogP contribution in [0.1, 0.15) is 16.1 Å². The highest BCUT2D eigenvalue weighted by molar-refractivity contribution is 6.03. The Morgan fingerprint density at radius 3 is 2.46 bits per heavy atom. The number of aromatic nitrogens is 1. The minimum Gasteiger partial charge on any atom is -0.497 e. The lowest BCUT2D eigenvalue weighted by atomic mass is 10.2. The van der Waals surface area contributed by atoms with Gasteiger partial charge in [0.25, 0.3) is 5.91 Å². The number of anilines is 2. The number of hydrogen-bond donors (Lipinski definition) is 2. The van der Waals surface area contributed by atoms with Crippen LogP contribution < -0.4 is 20.1 Å². The quantitative estimate of drug-likeness (QED) is 0.645. The van der Waals surface area contributed by atoms with Crippen molar-refractivity contribution in [3.05, 3.63) is 77.9 Å². The van der Waals surface area contributed by atoms with E-state index < -0.39 is 0 Å². The van der Waals surface area contributed by atoms with Crippen LogP contribution in [0.3, 0.4) is 0 Å². The maximum atomic E-state index is 12.9. The van der Waals surface area contributed by atoms with Crippen molar-refractivity contribution in [1.29, 1.82) is 0 Å². The second-order valence-corrected chi connectivity index (χ2v) is 5.93. The van der Waals surface area contributed by atoms with Crippen LogP contribution in [0.4, 0.5) is 15.8 Å². The first kappa shape index (κ1) is 19.2. The Bertz CT molecular complexity index is 944. The van der Waals surface area contributed by atoms with E-state index in [1.807, 2.05) is 0 Å². The molecule has 0 atom stereocenters. The highest BCUT2D eigenvalue weighted by Gasteiger charge is 2.12. The van der Waals surface area contributed by atoms with E-state index in [2.05, 4.69) is 15.6 Å². The molecule has 0 saturated carbocycles. The molecule has 0 radical (unpaired) electrons. The molecular formula is C21H20FN3O3. The zero-order chi connectivity index (χ0) is 19.9. The predicted molar refractivity (Wildman–Crippen MR) is 105 cm³/mol. The van der Waals surface area contributed by atoms with Gasteiger partial charge in [-0.15, -0.1) is 0 Å². The molecule has 0 spiro atoms. The van der Waals surface area contributed by atoms with E-state index in [0.717, 1.165) is 11.3 Å². The second kappa shape index (κ2) is 8.85. The first-order valence-corrected chi connectivity index (χ1v) is 8.57. The van der Waals surface area contributed by atoms with Crippen molar-refractivity contribution in [2.75, 3.05) is 24.9 Å².